The minimum atomic E-state index is -2.60. The summed E-state index contributed by atoms with van der Waals surface area (Å²) in [5, 5.41) is 0. The van der Waals surface area contributed by atoms with Gasteiger partial charge in [-0.15, -0.1) is 0 Å². The van der Waals surface area contributed by atoms with Gasteiger partial charge in [0.05, 0.1) is 6.54 Å². The average molecular weight is 348 g/mol. The highest BCUT2D eigenvalue weighted by atomic mass is 79.9. The second-order valence-corrected chi connectivity index (χ2v) is 5.29. The van der Waals surface area contributed by atoms with Gasteiger partial charge in [0, 0.05) is 23.4 Å². The van der Waals surface area contributed by atoms with Crippen LogP contribution < -0.4 is 0 Å². The summed E-state index contributed by atoms with van der Waals surface area (Å²) in [6.45, 7) is -1.82. The van der Waals surface area contributed by atoms with Crippen molar-refractivity contribution in [2.45, 2.75) is 19.6 Å². The Morgan fingerprint density at radius 2 is 2.10 bits per heavy atom. The summed E-state index contributed by atoms with van der Waals surface area (Å²) in [5.41, 5.74) is 0.879. The van der Waals surface area contributed by atoms with Crippen LogP contribution in [0.2, 0.25) is 0 Å². The van der Waals surface area contributed by atoms with Gasteiger partial charge < -0.3 is 0 Å². The molecule has 0 amide bonds. The van der Waals surface area contributed by atoms with E-state index < -0.39 is 6.55 Å². The number of hydrogen-bond acceptors (Lipinski definition) is 2. The zero-order valence-corrected chi connectivity index (χ0v) is 12.3. The van der Waals surface area contributed by atoms with E-state index in [1.807, 2.05) is 4.90 Å². The minimum Gasteiger partial charge on any atom is -0.295 e. The number of nitrogens with zero attached hydrogens (tertiary/aromatic N) is 3. The van der Waals surface area contributed by atoms with Gasteiger partial charge in [-0.2, -0.15) is 8.78 Å². The van der Waals surface area contributed by atoms with Crippen LogP contribution >= 0.6 is 15.9 Å². The molecule has 0 saturated heterocycles. The molecular weight excluding hydrogens is 335 g/mol. The van der Waals surface area contributed by atoms with Gasteiger partial charge in [0.2, 0.25) is 0 Å². The van der Waals surface area contributed by atoms with E-state index in [2.05, 4.69) is 20.9 Å². The first kappa shape index (κ1) is 15.1. The highest BCUT2D eigenvalue weighted by Crippen LogP contribution is 2.20. The molecule has 0 atom stereocenters. The first-order valence-electron chi connectivity index (χ1n) is 5.89. The maximum Gasteiger partial charge on any atom is 0.319 e. The van der Waals surface area contributed by atoms with Gasteiger partial charge in [0.1, 0.15) is 11.6 Å². The fraction of sp³-hybridized carbons (Fsp3) is 0.308. The van der Waals surface area contributed by atoms with Crippen molar-refractivity contribution in [3.8, 4) is 0 Å². The Balaban J connectivity index is 2.05. The first-order chi connectivity index (χ1) is 9.47. The number of benzene rings is 1. The maximum atomic E-state index is 13.0. The lowest BCUT2D eigenvalue weighted by Crippen LogP contribution is -2.20. The molecule has 0 aliphatic carbocycles. The molecular formula is C13H13BrF3N3. The molecule has 1 aromatic carbocycles. The van der Waals surface area contributed by atoms with E-state index in [-0.39, 0.29) is 12.4 Å². The zero-order valence-electron chi connectivity index (χ0n) is 10.7. The lowest BCUT2D eigenvalue weighted by molar-refractivity contribution is 0.0644. The molecule has 0 bridgehead atoms. The van der Waals surface area contributed by atoms with E-state index in [1.165, 1.54) is 24.5 Å². The third-order valence-electron chi connectivity index (χ3n) is 2.83. The van der Waals surface area contributed by atoms with Crippen LogP contribution in [0.4, 0.5) is 13.2 Å². The Morgan fingerprint density at radius 3 is 2.75 bits per heavy atom. The summed E-state index contributed by atoms with van der Waals surface area (Å²) in [6.07, 6.45) is 2.60. The van der Waals surface area contributed by atoms with Gasteiger partial charge in [-0.05, 0) is 24.7 Å². The molecule has 0 radical (unpaired) electrons. The molecule has 0 fully saturated rings. The van der Waals surface area contributed by atoms with Crippen molar-refractivity contribution in [2.24, 2.45) is 0 Å². The van der Waals surface area contributed by atoms with Crippen molar-refractivity contribution in [1.29, 1.82) is 0 Å². The number of aromatic nitrogens is 2. The Hall–Kier alpha value is -1.34. The van der Waals surface area contributed by atoms with Gasteiger partial charge in [-0.25, -0.2) is 9.37 Å². The van der Waals surface area contributed by atoms with Crippen LogP contribution in [0.5, 0.6) is 0 Å². The van der Waals surface area contributed by atoms with E-state index >= 15 is 0 Å². The Bertz CT molecular complexity index is 586. The fourth-order valence-corrected chi connectivity index (χ4v) is 2.36. The molecule has 2 aromatic rings. The molecule has 1 heterocycles. The van der Waals surface area contributed by atoms with Crippen LogP contribution in [0.1, 0.15) is 17.9 Å². The molecule has 7 heteroatoms. The van der Waals surface area contributed by atoms with Crippen LogP contribution in [0.15, 0.2) is 35.1 Å². The van der Waals surface area contributed by atoms with Gasteiger partial charge in [0.25, 0.3) is 0 Å². The number of halogens is 4. The minimum absolute atomic E-state index is 0.279. The molecule has 108 valence electrons. The highest BCUT2D eigenvalue weighted by Gasteiger charge is 2.13. The normalized spacial score (nSPS) is 11.6. The molecule has 0 spiro atoms. The van der Waals surface area contributed by atoms with E-state index in [0.717, 1.165) is 10.1 Å². The quantitative estimate of drug-likeness (QED) is 0.819. The predicted octanol–water partition coefficient (Wildman–Crippen LogP) is 3.81. The van der Waals surface area contributed by atoms with Crippen molar-refractivity contribution in [3.63, 3.8) is 0 Å². The number of hydrogen-bond donors (Lipinski definition) is 0. The molecule has 0 N–H and O–H groups in total. The summed E-state index contributed by atoms with van der Waals surface area (Å²) in [7, 11) is 1.79. The Kier molecular flexibility index (Phi) is 4.82. The lowest BCUT2D eigenvalue weighted by atomic mass is 10.2. The molecule has 3 nitrogen and oxygen atoms in total. The van der Waals surface area contributed by atoms with Crippen LogP contribution in [-0.4, -0.2) is 21.5 Å². The van der Waals surface area contributed by atoms with Crippen molar-refractivity contribution in [3.05, 3.63) is 52.3 Å². The number of rotatable bonds is 5. The van der Waals surface area contributed by atoms with Crippen molar-refractivity contribution >= 4 is 15.9 Å². The van der Waals surface area contributed by atoms with Gasteiger partial charge >= 0.3 is 6.55 Å². The van der Waals surface area contributed by atoms with E-state index in [1.54, 1.807) is 13.1 Å². The maximum absolute atomic E-state index is 13.0. The lowest BCUT2D eigenvalue weighted by Gasteiger charge is -2.18. The van der Waals surface area contributed by atoms with Gasteiger partial charge in [-0.1, -0.05) is 22.0 Å². The molecule has 0 saturated carbocycles. The van der Waals surface area contributed by atoms with Crippen molar-refractivity contribution in [2.75, 3.05) is 7.05 Å². The second kappa shape index (κ2) is 6.41. The molecule has 20 heavy (non-hydrogen) atoms. The largest absolute Gasteiger partial charge is 0.319 e. The predicted molar refractivity (Wildman–Crippen MR) is 72.8 cm³/mol. The van der Waals surface area contributed by atoms with Crippen LogP contribution in [0.25, 0.3) is 0 Å². The fourth-order valence-electron chi connectivity index (χ4n) is 1.88. The monoisotopic (exact) mass is 347 g/mol. The highest BCUT2D eigenvalue weighted by molar-refractivity contribution is 9.10. The van der Waals surface area contributed by atoms with Crippen molar-refractivity contribution < 1.29 is 13.2 Å². The number of alkyl halides is 2. The summed E-state index contributed by atoms with van der Waals surface area (Å²) in [4.78, 5) is 5.76. The SMILES string of the molecule is CN(Cc1ccc(F)cc1Br)Cc1nccn1C(F)F. The average Bonchev–Trinajstić information content (AvgIpc) is 2.81. The number of imidazole rings is 1. The first-order valence-corrected chi connectivity index (χ1v) is 6.69. The Labute approximate surface area is 123 Å². The van der Waals surface area contributed by atoms with Gasteiger partial charge in [-0.3, -0.25) is 9.47 Å². The molecule has 2 rings (SSSR count). The smallest absolute Gasteiger partial charge is 0.295 e. The summed E-state index contributed by atoms with van der Waals surface area (Å²) in [6, 6.07) is 4.41. The second-order valence-electron chi connectivity index (χ2n) is 4.44. The topological polar surface area (TPSA) is 21.1 Å². The van der Waals surface area contributed by atoms with E-state index in [9.17, 15) is 13.2 Å². The van der Waals surface area contributed by atoms with E-state index in [4.69, 9.17) is 0 Å². The van der Waals surface area contributed by atoms with Crippen LogP contribution in [0.3, 0.4) is 0 Å². The standard InChI is InChI=1S/C13H13BrF3N3/c1-19(7-9-2-3-10(15)6-11(9)14)8-12-18-4-5-20(12)13(16)17/h2-6,13H,7-8H2,1H3. The molecule has 0 aliphatic rings. The summed E-state index contributed by atoms with van der Waals surface area (Å²) in [5.74, 6) is -0.0303. The summed E-state index contributed by atoms with van der Waals surface area (Å²) >= 11 is 3.28. The Morgan fingerprint density at radius 1 is 1.35 bits per heavy atom. The van der Waals surface area contributed by atoms with Crippen LogP contribution in [-0.2, 0) is 13.1 Å². The van der Waals surface area contributed by atoms with Crippen molar-refractivity contribution in [1.82, 2.24) is 14.5 Å². The molecule has 1 aromatic heterocycles. The zero-order chi connectivity index (χ0) is 14.7. The van der Waals surface area contributed by atoms with E-state index in [0.29, 0.717) is 16.8 Å². The molecule has 0 unspecified atom stereocenters. The van der Waals surface area contributed by atoms with Gasteiger partial charge in [0.15, 0.2) is 0 Å². The molecule has 0 aliphatic heterocycles. The third-order valence-corrected chi connectivity index (χ3v) is 3.56. The van der Waals surface area contributed by atoms with Crippen LogP contribution in [0, 0.1) is 5.82 Å². The summed E-state index contributed by atoms with van der Waals surface area (Å²) < 4.78 is 39.9. The third kappa shape index (κ3) is 3.61.